The second-order valence-electron chi connectivity index (χ2n) is 10.2. The zero-order valence-corrected chi connectivity index (χ0v) is 24.4. The summed E-state index contributed by atoms with van der Waals surface area (Å²) in [4.78, 5) is 17.8. The van der Waals surface area contributed by atoms with Crippen LogP contribution in [0.25, 0.3) is 0 Å². The maximum absolute atomic E-state index is 14.0. The standard InChI is InChI=1S/C30H36ClN3O3S/c1-21-17-23(3)30(24(4)18-21)38(36,37)34(19-26-9-11-27(31)12-10-26)20-29(35)33-15-13-32(14-16-33)28-8-6-7-22(2)25(28)5/h6-12,17-18H,13-16,19-20H2,1-5H3. The molecule has 3 aromatic carbocycles. The summed E-state index contributed by atoms with van der Waals surface area (Å²) in [6.45, 7) is 12.1. The molecule has 0 aliphatic carbocycles. The van der Waals surface area contributed by atoms with Gasteiger partial charge in [0.15, 0.2) is 0 Å². The summed E-state index contributed by atoms with van der Waals surface area (Å²) >= 11 is 6.05. The molecule has 1 amide bonds. The van der Waals surface area contributed by atoms with Crippen LogP contribution in [0, 0.1) is 34.6 Å². The van der Waals surface area contributed by atoms with Crippen molar-refractivity contribution in [1.82, 2.24) is 9.21 Å². The molecule has 1 fully saturated rings. The van der Waals surface area contributed by atoms with Crippen LogP contribution in [0.15, 0.2) is 59.5 Å². The van der Waals surface area contributed by atoms with Crippen LogP contribution < -0.4 is 4.90 Å². The fraction of sp³-hybridized carbons (Fsp3) is 0.367. The third-order valence-corrected chi connectivity index (χ3v) is 9.69. The predicted molar refractivity (Wildman–Crippen MR) is 154 cm³/mol. The molecular weight excluding hydrogens is 518 g/mol. The van der Waals surface area contributed by atoms with Crippen molar-refractivity contribution in [3.8, 4) is 0 Å². The lowest BCUT2D eigenvalue weighted by molar-refractivity contribution is -0.131. The van der Waals surface area contributed by atoms with Gasteiger partial charge >= 0.3 is 0 Å². The number of piperazine rings is 1. The van der Waals surface area contributed by atoms with Gasteiger partial charge in [-0.25, -0.2) is 8.42 Å². The zero-order valence-electron chi connectivity index (χ0n) is 22.8. The molecule has 1 heterocycles. The van der Waals surface area contributed by atoms with Crippen molar-refractivity contribution in [3.63, 3.8) is 0 Å². The molecule has 6 nitrogen and oxygen atoms in total. The van der Waals surface area contributed by atoms with Crippen molar-refractivity contribution in [2.24, 2.45) is 0 Å². The minimum Gasteiger partial charge on any atom is -0.368 e. The van der Waals surface area contributed by atoms with Gasteiger partial charge in [0, 0.05) is 43.4 Å². The molecule has 4 rings (SSSR count). The van der Waals surface area contributed by atoms with Gasteiger partial charge in [-0.3, -0.25) is 4.79 Å². The number of hydrogen-bond donors (Lipinski definition) is 0. The van der Waals surface area contributed by atoms with Crippen LogP contribution >= 0.6 is 11.6 Å². The Bertz CT molecular complexity index is 1410. The maximum atomic E-state index is 14.0. The summed E-state index contributed by atoms with van der Waals surface area (Å²) in [6, 6.07) is 17.1. The predicted octanol–water partition coefficient (Wildman–Crippen LogP) is 5.42. The highest BCUT2D eigenvalue weighted by molar-refractivity contribution is 7.89. The summed E-state index contributed by atoms with van der Waals surface area (Å²) in [5, 5.41) is 0.575. The number of nitrogens with zero attached hydrogens (tertiary/aromatic N) is 3. The van der Waals surface area contributed by atoms with E-state index in [1.165, 1.54) is 21.1 Å². The fourth-order valence-corrected chi connectivity index (χ4v) is 7.16. The van der Waals surface area contributed by atoms with Crippen molar-refractivity contribution < 1.29 is 13.2 Å². The van der Waals surface area contributed by atoms with Gasteiger partial charge < -0.3 is 9.80 Å². The van der Waals surface area contributed by atoms with Crippen molar-refractivity contribution in [1.29, 1.82) is 0 Å². The third-order valence-electron chi connectivity index (χ3n) is 7.34. The monoisotopic (exact) mass is 553 g/mol. The summed E-state index contributed by atoms with van der Waals surface area (Å²) in [5.74, 6) is -0.189. The highest BCUT2D eigenvalue weighted by atomic mass is 35.5. The number of carbonyl (C=O) groups is 1. The van der Waals surface area contributed by atoms with Gasteiger partial charge in [0.05, 0.1) is 11.4 Å². The quantitative estimate of drug-likeness (QED) is 0.392. The van der Waals surface area contributed by atoms with E-state index in [2.05, 4.69) is 36.9 Å². The van der Waals surface area contributed by atoms with Gasteiger partial charge in [0.1, 0.15) is 0 Å². The van der Waals surface area contributed by atoms with Crippen molar-refractivity contribution in [2.45, 2.75) is 46.1 Å². The number of sulfonamides is 1. The summed E-state index contributed by atoms with van der Waals surface area (Å²) in [6.07, 6.45) is 0. The highest BCUT2D eigenvalue weighted by Gasteiger charge is 2.32. The molecule has 8 heteroatoms. The average Bonchev–Trinajstić information content (AvgIpc) is 2.86. The molecule has 0 saturated carbocycles. The third kappa shape index (κ3) is 6.06. The van der Waals surface area contributed by atoms with Gasteiger partial charge in [0.25, 0.3) is 0 Å². The first-order valence-corrected chi connectivity index (χ1v) is 14.7. The van der Waals surface area contributed by atoms with E-state index in [1.807, 2.05) is 32.9 Å². The fourth-order valence-electron chi connectivity index (χ4n) is 5.25. The van der Waals surface area contributed by atoms with Gasteiger partial charge in [-0.1, -0.05) is 53.6 Å². The van der Waals surface area contributed by atoms with E-state index in [9.17, 15) is 13.2 Å². The second-order valence-corrected chi connectivity index (χ2v) is 12.5. The van der Waals surface area contributed by atoms with Gasteiger partial charge in [-0.05, 0) is 80.6 Å². The first-order chi connectivity index (χ1) is 18.0. The highest BCUT2D eigenvalue weighted by Crippen LogP contribution is 2.28. The number of benzene rings is 3. The first-order valence-electron chi connectivity index (χ1n) is 12.9. The molecule has 0 radical (unpaired) electrons. The number of amides is 1. The number of anilines is 1. The number of hydrogen-bond acceptors (Lipinski definition) is 4. The molecule has 0 atom stereocenters. The van der Waals surface area contributed by atoms with Crippen LogP contribution in [-0.2, 0) is 21.4 Å². The van der Waals surface area contributed by atoms with E-state index in [-0.39, 0.29) is 23.9 Å². The maximum Gasteiger partial charge on any atom is 0.244 e. The molecule has 1 saturated heterocycles. The second kappa shape index (κ2) is 11.5. The molecule has 1 aliphatic rings. The van der Waals surface area contributed by atoms with Crippen LogP contribution in [0.5, 0.6) is 0 Å². The number of halogens is 1. The largest absolute Gasteiger partial charge is 0.368 e. The van der Waals surface area contributed by atoms with Gasteiger partial charge in [-0.15, -0.1) is 0 Å². The van der Waals surface area contributed by atoms with E-state index in [0.717, 1.165) is 11.1 Å². The minimum absolute atomic E-state index is 0.0838. The molecule has 38 heavy (non-hydrogen) atoms. The van der Waals surface area contributed by atoms with Crippen molar-refractivity contribution in [2.75, 3.05) is 37.6 Å². The molecule has 0 bridgehead atoms. The molecule has 0 N–H and O–H groups in total. The van der Waals surface area contributed by atoms with Gasteiger partial charge in [-0.2, -0.15) is 4.31 Å². The first kappa shape index (κ1) is 28.1. The van der Waals surface area contributed by atoms with E-state index in [0.29, 0.717) is 42.3 Å². The lowest BCUT2D eigenvalue weighted by atomic mass is 10.1. The van der Waals surface area contributed by atoms with E-state index in [4.69, 9.17) is 11.6 Å². The van der Waals surface area contributed by atoms with Crippen LogP contribution in [0.3, 0.4) is 0 Å². The average molecular weight is 554 g/mol. The van der Waals surface area contributed by atoms with E-state index < -0.39 is 10.0 Å². The molecule has 0 aromatic heterocycles. The Morgan fingerprint density at radius 3 is 2.08 bits per heavy atom. The van der Waals surface area contributed by atoms with Crippen molar-refractivity contribution in [3.05, 3.63) is 93.0 Å². The molecule has 1 aliphatic heterocycles. The lowest BCUT2D eigenvalue weighted by Crippen LogP contribution is -2.52. The Balaban J connectivity index is 1.56. The summed E-state index contributed by atoms with van der Waals surface area (Å²) < 4.78 is 29.3. The van der Waals surface area contributed by atoms with Crippen LogP contribution in [-0.4, -0.2) is 56.3 Å². The topological polar surface area (TPSA) is 60.9 Å². The number of rotatable bonds is 7. The SMILES string of the molecule is Cc1cc(C)c(S(=O)(=O)N(CC(=O)N2CCN(c3cccc(C)c3C)CC2)Cc2ccc(Cl)cc2)c(C)c1. The summed E-state index contributed by atoms with van der Waals surface area (Å²) in [5.41, 5.74) is 6.81. The van der Waals surface area contributed by atoms with Crippen LogP contribution in [0.2, 0.25) is 5.02 Å². The Morgan fingerprint density at radius 1 is 0.868 bits per heavy atom. The van der Waals surface area contributed by atoms with Gasteiger partial charge in [0.2, 0.25) is 15.9 Å². The molecule has 3 aromatic rings. The summed E-state index contributed by atoms with van der Waals surface area (Å²) in [7, 11) is -3.94. The lowest BCUT2D eigenvalue weighted by Gasteiger charge is -2.37. The van der Waals surface area contributed by atoms with Crippen LogP contribution in [0.1, 0.15) is 33.4 Å². The van der Waals surface area contributed by atoms with Crippen molar-refractivity contribution >= 4 is 33.2 Å². The molecule has 0 spiro atoms. The number of carbonyl (C=O) groups excluding carboxylic acids is 1. The molecule has 0 unspecified atom stereocenters. The number of aryl methyl sites for hydroxylation is 4. The molecule has 202 valence electrons. The smallest absolute Gasteiger partial charge is 0.244 e. The zero-order chi connectivity index (χ0) is 27.6. The van der Waals surface area contributed by atoms with Crippen LogP contribution in [0.4, 0.5) is 5.69 Å². The minimum atomic E-state index is -3.94. The Hall–Kier alpha value is -2.87. The Kier molecular flexibility index (Phi) is 8.50. The molecular formula is C30H36ClN3O3S. The Labute approximate surface area is 231 Å². The van der Waals surface area contributed by atoms with E-state index >= 15 is 0 Å². The van der Waals surface area contributed by atoms with E-state index in [1.54, 1.807) is 29.2 Å². The normalized spacial score (nSPS) is 14.3. The Morgan fingerprint density at radius 2 is 1.47 bits per heavy atom.